The van der Waals surface area contributed by atoms with Crippen molar-refractivity contribution in [2.45, 2.75) is 32.7 Å². The first-order chi connectivity index (χ1) is 8.49. The van der Waals surface area contributed by atoms with Crippen LogP contribution in [0.1, 0.15) is 31.0 Å². The number of carbonyl (C=O) groups is 1. The Balaban J connectivity index is 2.00. The van der Waals surface area contributed by atoms with Crippen LogP contribution in [0.2, 0.25) is 0 Å². The number of hydrogen-bond acceptors (Lipinski definition) is 3. The van der Waals surface area contributed by atoms with Gasteiger partial charge in [-0.05, 0) is 19.3 Å². The van der Waals surface area contributed by atoms with E-state index in [2.05, 4.69) is 10.4 Å². The molecular formula is C12H18N4OS. The maximum Gasteiger partial charge on any atom is 0.233 e. The summed E-state index contributed by atoms with van der Waals surface area (Å²) in [6.07, 6.45) is 4.32. The second-order valence-corrected chi connectivity index (χ2v) is 5.20. The number of aromatic nitrogens is 2. The molecule has 0 spiro atoms. The zero-order chi connectivity index (χ0) is 13.3. The van der Waals surface area contributed by atoms with E-state index in [9.17, 15) is 4.79 Å². The summed E-state index contributed by atoms with van der Waals surface area (Å²) in [6, 6.07) is 0. The number of nitrogens with one attached hydrogen (secondary N) is 1. The standard InChI is InChI=1S/C12H18N4OS/c1-3-9-8(7-16(2)15-9)6-14-11(17)12(4-5-12)10(13)18/h7H,3-6H2,1-2H3,(H2,13,18)(H,14,17). The predicted octanol–water partition coefficient (Wildman–Crippen LogP) is 0.665. The summed E-state index contributed by atoms with van der Waals surface area (Å²) in [4.78, 5) is 12.3. The first-order valence-electron chi connectivity index (χ1n) is 6.09. The summed E-state index contributed by atoms with van der Waals surface area (Å²) in [6.45, 7) is 2.53. The Bertz CT molecular complexity index is 490. The SMILES string of the molecule is CCc1nn(C)cc1CNC(=O)C1(C(N)=S)CC1. The fourth-order valence-electron chi connectivity index (χ4n) is 2.08. The molecule has 3 N–H and O–H groups in total. The van der Waals surface area contributed by atoms with Gasteiger partial charge in [-0.1, -0.05) is 19.1 Å². The van der Waals surface area contributed by atoms with Crippen molar-refractivity contribution in [2.24, 2.45) is 18.2 Å². The third-order valence-corrected chi connectivity index (χ3v) is 3.81. The molecule has 1 amide bonds. The molecule has 0 aliphatic heterocycles. The third kappa shape index (κ3) is 2.25. The minimum absolute atomic E-state index is 0.0547. The van der Waals surface area contributed by atoms with Crippen molar-refractivity contribution in [3.05, 3.63) is 17.5 Å². The number of hydrogen-bond donors (Lipinski definition) is 2. The topological polar surface area (TPSA) is 72.9 Å². The van der Waals surface area contributed by atoms with Crippen LogP contribution >= 0.6 is 12.2 Å². The number of aryl methyl sites for hydroxylation is 2. The normalized spacial score (nSPS) is 16.3. The van der Waals surface area contributed by atoms with Gasteiger partial charge in [-0.3, -0.25) is 9.48 Å². The highest BCUT2D eigenvalue weighted by molar-refractivity contribution is 7.80. The molecule has 0 bridgehead atoms. The van der Waals surface area contributed by atoms with Gasteiger partial charge in [0.05, 0.1) is 16.1 Å². The van der Waals surface area contributed by atoms with Crippen LogP contribution < -0.4 is 11.1 Å². The molecule has 1 fully saturated rings. The molecule has 0 unspecified atom stereocenters. The van der Waals surface area contributed by atoms with Crippen molar-refractivity contribution in [3.8, 4) is 0 Å². The first kappa shape index (κ1) is 13.0. The molecule has 1 saturated carbocycles. The van der Waals surface area contributed by atoms with Crippen molar-refractivity contribution in [1.29, 1.82) is 0 Å². The highest BCUT2D eigenvalue weighted by Crippen LogP contribution is 2.46. The van der Waals surface area contributed by atoms with Crippen molar-refractivity contribution < 1.29 is 4.79 Å². The molecule has 1 heterocycles. The van der Waals surface area contributed by atoms with E-state index in [1.807, 2.05) is 20.2 Å². The third-order valence-electron chi connectivity index (χ3n) is 3.42. The molecule has 1 aliphatic carbocycles. The van der Waals surface area contributed by atoms with Crippen LogP contribution in [0.4, 0.5) is 0 Å². The van der Waals surface area contributed by atoms with E-state index in [-0.39, 0.29) is 5.91 Å². The van der Waals surface area contributed by atoms with E-state index in [1.165, 1.54) is 0 Å². The van der Waals surface area contributed by atoms with E-state index in [1.54, 1.807) is 4.68 Å². The molecule has 18 heavy (non-hydrogen) atoms. The Kier molecular flexibility index (Phi) is 3.38. The molecular weight excluding hydrogens is 248 g/mol. The lowest BCUT2D eigenvalue weighted by molar-refractivity contribution is -0.124. The molecule has 2 rings (SSSR count). The zero-order valence-electron chi connectivity index (χ0n) is 10.7. The van der Waals surface area contributed by atoms with Gasteiger partial charge in [-0.15, -0.1) is 0 Å². The van der Waals surface area contributed by atoms with E-state index in [0.29, 0.717) is 11.5 Å². The van der Waals surface area contributed by atoms with E-state index in [4.69, 9.17) is 18.0 Å². The lowest BCUT2D eigenvalue weighted by Crippen LogP contribution is -2.39. The van der Waals surface area contributed by atoms with Crippen LogP contribution in [0.3, 0.4) is 0 Å². The van der Waals surface area contributed by atoms with Crippen LogP contribution in [0.5, 0.6) is 0 Å². The van der Waals surface area contributed by atoms with Gasteiger partial charge in [-0.25, -0.2) is 0 Å². The molecule has 5 nitrogen and oxygen atoms in total. The predicted molar refractivity (Wildman–Crippen MR) is 72.9 cm³/mol. The summed E-state index contributed by atoms with van der Waals surface area (Å²) in [5.41, 5.74) is 7.10. The van der Waals surface area contributed by atoms with Gasteiger partial charge in [0.15, 0.2) is 0 Å². The van der Waals surface area contributed by atoms with Gasteiger partial charge in [0.1, 0.15) is 0 Å². The van der Waals surface area contributed by atoms with E-state index in [0.717, 1.165) is 30.5 Å². The van der Waals surface area contributed by atoms with Gasteiger partial charge >= 0.3 is 0 Å². The quantitative estimate of drug-likeness (QED) is 0.768. The van der Waals surface area contributed by atoms with E-state index >= 15 is 0 Å². The Hall–Kier alpha value is -1.43. The van der Waals surface area contributed by atoms with Gasteiger partial charge in [-0.2, -0.15) is 5.10 Å². The first-order valence-corrected chi connectivity index (χ1v) is 6.50. The Morgan fingerprint density at radius 1 is 1.67 bits per heavy atom. The van der Waals surface area contributed by atoms with Gasteiger partial charge in [0.2, 0.25) is 5.91 Å². The second kappa shape index (κ2) is 4.68. The van der Waals surface area contributed by atoms with Crippen LogP contribution in [0.15, 0.2) is 6.20 Å². The molecule has 0 radical (unpaired) electrons. The smallest absolute Gasteiger partial charge is 0.233 e. The largest absolute Gasteiger partial charge is 0.392 e. The highest BCUT2D eigenvalue weighted by Gasteiger charge is 2.52. The van der Waals surface area contributed by atoms with Gasteiger partial charge in [0.25, 0.3) is 0 Å². The molecule has 0 aromatic carbocycles. The van der Waals surface area contributed by atoms with Gasteiger partial charge < -0.3 is 11.1 Å². The summed E-state index contributed by atoms with van der Waals surface area (Å²) >= 11 is 4.95. The summed E-state index contributed by atoms with van der Waals surface area (Å²) in [7, 11) is 1.88. The maximum absolute atomic E-state index is 12.0. The number of nitrogens with zero attached hydrogens (tertiary/aromatic N) is 2. The maximum atomic E-state index is 12.0. The van der Waals surface area contributed by atoms with Crippen LogP contribution in [0.25, 0.3) is 0 Å². The summed E-state index contributed by atoms with van der Waals surface area (Å²) < 4.78 is 1.76. The molecule has 0 saturated heterocycles. The fraction of sp³-hybridized carbons (Fsp3) is 0.583. The average molecular weight is 266 g/mol. The lowest BCUT2D eigenvalue weighted by Gasteiger charge is -2.13. The summed E-state index contributed by atoms with van der Waals surface area (Å²) in [5, 5.41) is 7.25. The van der Waals surface area contributed by atoms with Crippen molar-refractivity contribution in [1.82, 2.24) is 15.1 Å². The van der Waals surface area contributed by atoms with Crippen LogP contribution in [-0.2, 0) is 24.8 Å². The van der Waals surface area contributed by atoms with Crippen molar-refractivity contribution in [2.75, 3.05) is 0 Å². The van der Waals surface area contributed by atoms with Crippen molar-refractivity contribution >= 4 is 23.1 Å². The molecule has 6 heteroatoms. The van der Waals surface area contributed by atoms with Gasteiger partial charge in [0, 0.05) is 25.4 Å². The Labute approximate surface area is 112 Å². The Morgan fingerprint density at radius 3 is 2.83 bits per heavy atom. The monoisotopic (exact) mass is 266 g/mol. The number of amides is 1. The molecule has 1 aromatic rings. The average Bonchev–Trinajstić information content (AvgIpc) is 3.06. The number of carbonyl (C=O) groups excluding carboxylic acids is 1. The minimum atomic E-state index is -0.579. The van der Waals surface area contributed by atoms with Crippen LogP contribution in [0, 0.1) is 5.41 Å². The molecule has 1 aromatic heterocycles. The zero-order valence-corrected chi connectivity index (χ0v) is 11.5. The summed E-state index contributed by atoms with van der Waals surface area (Å²) in [5.74, 6) is -0.0547. The fourth-order valence-corrected chi connectivity index (χ4v) is 2.38. The molecule has 1 aliphatic rings. The molecule has 98 valence electrons. The minimum Gasteiger partial charge on any atom is -0.392 e. The second-order valence-electron chi connectivity index (χ2n) is 4.76. The van der Waals surface area contributed by atoms with E-state index < -0.39 is 5.41 Å². The number of nitrogens with two attached hydrogens (primary N) is 1. The van der Waals surface area contributed by atoms with Crippen LogP contribution in [-0.4, -0.2) is 20.7 Å². The Morgan fingerprint density at radius 2 is 2.33 bits per heavy atom. The number of rotatable bonds is 5. The molecule has 0 atom stereocenters. The highest BCUT2D eigenvalue weighted by atomic mass is 32.1. The number of thiocarbonyl (C=S) groups is 1. The lowest BCUT2D eigenvalue weighted by atomic mass is 10.1. The van der Waals surface area contributed by atoms with Crippen molar-refractivity contribution in [3.63, 3.8) is 0 Å².